The van der Waals surface area contributed by atoms with Crippen LogP contribution in [-0.2, 0) is 10.9 Å². The van der Waals surface area contributed by atoms with E-state index in [4.69, 9.17) is 16.3 Å². The quantitative estimate of drug-likeness (QED) is 0.830. The van der Waals surface area contributed by atoms with Crippen molar-refractivity contribution in [2.24, 2.45) is 0 Å². The number of alkyl carbamates (subject to hydrolysis) is 1. The number of carbonyl (C=O) groups excluding carboxylic acids is 1. The Morgan fingerprint density at radius 1 is 1.32 bits per heavy atom. The molecule has 1 amide bonds. The molecular weight excluding hydrogens is 357 g/mol. The van der Waals surface area contributed by atoms with Gasteiger partial charge in [-0.1, -0.05) is 17.7 Å². The SMILES string of the molecule is CC(C)(C)OC(=O)N[C@H](CN1CCC1)c1ccc(C(F)(F)F)c(Cl)c1. The second-order valence-corrected chi connectivity index (χ2v) is 7.50. The molecule has 4 nitrogen and oxygen atoms in total. The van der Waals surface area contributed by atoms with E-state index < -0.39 is 29.5 Å². The highest BCUT2D eigenvalue weighted by Crippen LogP contribution is 2.36. The van der Waals surface area contributed by atoms with Gasteiger partial charge in [-0.05, 0) is 58.0 Å². The standard InChI is InChI=1S/C17H22ClF3N2O2/c1-16(2,3)25-15(24)22-14(10-23-7-4-8-23)11-5-6-12(13(18)9-11)17(19,20)21/h5-6,9,14H,4,7-8,10H2,1-3H3,(H,22,24)/t14-/m1/s1. The molecule has 1 aromatic carbocycles. The highest BCUT2D eigenvalue weighted by atomic mass is 35.5. The van der Waals surface area contributed by atoms with E-state index in [-0.39, 0.29) is 5.02 Å². The highest BCUT2D eigenvalue weighted by Gasteiger charge is 2.34. The van der Waals surface area contributed by atoms with Gasteiger partial charge in [0, 0.05) is 6.54 Å². The van der Waals surface area contributed by atoms with Crippen LogP contribution in [0, 0.1) is 0 Å². The minimum absolute atomic E-state index is 0.385. The lowest BCUT2D eigenvalue weighted by Gasteiger charge is -2.35. The molecule has 0 bridgehead atoms. The summed E-state index contributed by atoms with van der Waals surface area (Å²) in [5.41, 5.74) is -1.04. The van der Waals surface area contributed by atoms with Crippen molar-refractivity contribution >= 4 is 17.7 Å². The maximum absolute atomic E-state index is 12.9. The van der Waals surface area contributed by atoms with Crippen molar-refractivity contribution in [2.45, 2.75) is 45.0 Å². The summed E-state index contributed by atoms with van der Waals surface area (Å²) in [6, 6.07) is 3.04. The number of hydrogen-bond acceptors (Lipinski definition) is 3. The van der Waals surface area contributed by atoms with Crippen molar-refractivity contribution in [1.29, 1.82) is 0 Å². The summed E-state index contributed by atoms with van der Waals surface area (Å²) in [6.07, 6.45) is -4.07. The number of nitrogens with one attached hydrogen (secondary N) is 1. The molecule has 1 aromatic rings. The predicted octanol–water partition coefficient (Wildman–Crippen LogP) is 4.63. The van der Waals surface area contributed by atoms with Crippen molar-refractivity contribution in [3.05, 3.63) is 34.3 Å². The van der Waals surface area contributed by atoms with E-state index in [2.05, 4.69) is 10.2 Å². The molecule has 0 radical (unpaired) electrons. The summed E-state index contributed by atoms with van der Waals surface area (Å²) in [5.74, 6) is 0. The topological polar surface area (TPSA) is 41.6 Å². The van der Waals surface area contributed by atoms with Gasteiger partial charge < -0.3 is 15.0 Å². The largest absolute Gasteiger partial charge is 0.444 e. The number of benzene rings is 1. The molecule has 1 atom stereocenters. The molecule has 8 heteroatoms. The van der Waals surface area contributed by atoms with Gasteiger partial charge in [0.1, 0.15) is 5.60 Å². The average Bonchev–Trinajstić information content (AvgIpc) is 2.37. The Morgan fingerprint density at radius 2 is 1.96 bits per heavy atom. The summed E-state index contributed by atoms with van der Waals surface area (Å²) in [7, 11) is 0. The van der Waals surface area contributed by atoms with Crippen molar-refractivity contribution in [2.75, 3.05) is 19.6 Å². The molecule has 0 unspecified atom stereocenters. The van der Waals surface area contributed by atoms with Crippen LogP contribution < -0.4 is 5.32 Å². The van der Waals surface area contributed by atoms with Crippen molar-refractivity contribution in [1.82, 2.24) is 10.2 Å². The predicted molar refractivity (Wildman–Crippen MR) is 89.6 cm³/mol. The molecule has 1 saturated heterocycles. The second-order valence-electron chi connectivity index (χ2n) is 7.09. The molecule has 1 fully saturated rings. The number of nitrogens with zero attached hydrogens (tertiary/aromatic N) is 1. The minimum Gasteiger partial charge on any atom is -0.444 e. The third kappa shape index (κ3) is 5.78. The third-order valence-electron chi connectivity index (χ3n) is 3.78. The number of carbonyl (C=O) groups is 1. The van der Waals surface area contributed by atoms with Gasteiger partial charge in [-0.3, -0.25) is 0 Å². The number of ether oxygens (including phenoxy) is 1. The molecule has 1 N–H and O–H groups in total. The van der Waals surface area contributed by atoms with E-state index in [1.807, 2.05) is 0 Å². The number of amides is 1. The molecule has 1 aliphatic rings. The minimum atomic E-state index is -4.51. The summed E-state index contributed by atoms with van der Waals surface area (Å²) >= 11 is 5.81. The van der Waals surface area contributed by atoms with Crippen LogP contribution in [0.3, 0.4) is 0 Å². The van der Waals surface area contributed by atoms with Crippen LogP contribution in [0.1, 0.15) is 44.4 Å². The van der Waals surface area contributed by atoms with Crippen LogP contribution in [0.2, 0.25) is 5.02 Å². The fourth-order valence-corrected chi connectivity index (χ4v) is 2.78. The van der Waals surface area contributed by atoms with E-state index in [0.29, 0.717) is 12.1 Å². The number of hydrogen-bond donors (Lipinski definition) is 1. The molecule has 0 aromatic heterocycles. The summed E-state index contributed by atoms with van der Waals surface area (Å²) < 4.78 is 43.9. The Balaban J connectivity index is 2.19. The van der Waals surface area contributed by atoms with Gasteiger partial charge in [0.25, 0.3) is 0 Å². The van der Waals surface area contributed by atoms with E-state index in [0.717, 1.165) is 25.6 Å². The molecule has 25 heavy (non-hydrogen) atoms. The lowest BCUT2D eigenvalue weighted by atomic mass is 10.0. The van der Waals surface area contributed by atoms with Gasteiger partial charge in [-0.25, -0.2) is 4.79 Å². The van der Waals surface area contributed by atoms with Crippen molar-refractivity contribution in [3.8, 4) is 0 Å². The summed E-state index contributed by atoms with van der Waals surface area (Å²) in [4.78, 5) is 14.2. The first-order chi connectivity index (χ1) is 11.5. The molecule has 0 saturated carbocycles. The number of likely N-dealkylation sites (tertiary alicyclic amines) is 1. The Kier molecular flexibility index (Phi) is 5.89. The Bertz CT molecular complexity index is 625. The third-order valence-corrected chi connectivity index (χ3v) is 4.09. The lowest BCUT2D eigenvalue weighted by Crippen LogP contribution is -2.45. The first kappa shape index (κ1) is 19.8. The maximum atomic E-state index is 12.9. The van der Waals surface area contributed by atoms with Crippen LogP contribution >= 0.6 is 11.6 Å². The average molecular weight is 379 g/mol. The van der Waals surface area contributed by atoms with Gasteiger partial charge in [-0.15, -0.1) is 0 Å². The number of alkyl halides is 3. The van der Waals surface area contributed by atoms with Crippen LogP contribution in [0.4, 0.5) is 18.0 Å². The smallest absolute Gasteiger partial charge is 0.417 e. The molecule has 1 heterocycles. The van der Waals surface area contributed by atoms with E-state index in [1.165, 1.54) is 12.1 Å². The van der Waals surface area contributed by atoms with Gasteiger partial charge in [0.15, 0.2) is 0 Å². The second kappa shape index (κ2) is 7.41. The fourth-order valence-electron chi connectivity index (χ4n) is 2.48. The molecule has 0 spiro atoms. The van der Waals surface area contributed by atoms with Crippen LogP contribution in [0.15, 0.2) is 18.2 Å². The van der Waals surface area contributed by atoms with E-state index in [1.54, 1.807) is 20.8 Å². The normalized spacial score (nSPS) is 16.9. The molecular formula is C17H22ClF3N2O2. The summed E-state index contributed by atoms with van der Waals surface area (Å²) in [6.45, 7) is 7.49. The molecule has 140 valence electrons. The van der Waals surface area contributed by atoms with Crippen LogP contribution in [-0.4, -0.2) is 36.2 Å². The number of halogens is 4. The van der Waals surface area contributed by atoms with Crippen LogP contribution in [0.25, 0.3) is 0 Å². The van der Waals surface area contributed by atoms with E-state index in [9.17, 15) is 18.0 Å². The van der Waals surface area contributed by atoms with Gasteiger partial charge in [0.05, 0.1) is 16.6 Å². The monoisotopic (exact) mass is 378 g/mol. The fraction of sp³-hybridized carbons (Fsp3) is 0.588. The first-order valence-corrected chi connectivity index (χ1v) is 8.42. The van der Waals surface area contributed by atoms with Gasteiger partial charge >= 0.3 is 12.3 Å². The van der Waals surface area contributed by atoms with Gasteiger partial charge in [0.2, 0.25) is 0 Å². The van der Waals surface area contributed by atoms with Crippen LogP contribution in [0.5, 0.6) is 0 Å². The van der Waals surface area contributed by atoms with Gasteiger partial charge in [-0.2, -0.15) is 13.2 Å². The Labute approximate surface area is 150 Å². The van der Waals surface area contributed by atoms with E-state index >= 15 is 0 Å². The molecule has 0 aliphatic carbocycles. The highest BCUT2D eigenvalue weighted by molar-refractivity contribution is 6.31. The summed E-state index contributed by atoms with van der Waals surface area (Å²) in [5, 5.41) is 2.35. The van der Waals surface area contributed by atoms with Crippen molar-refractivity contribution < 1.29 is 22.7 Å². The zero-order valence-electron chi connectivity index (χ0n) is 14.4. The Morgan fingerprint density at radius 3 is 2.40 bits per heavy atom. The Hall–Kier alpha value is -1.47. The molecule has 1 aliphatic heterocycles. The number of rotatable bonds is 4. The molecule has 2 rings (SSSR count). The zero-order valence-corrected chi connectivity index (χ0v) is 15.2. The first-order valence-electron chi connectivity index (χ1n) is 8.04. The maximum Gasteiger partial charge on any atom is 0.417 e. The van der Waals surface area contributed by atoms with Crippen molar-refractivity contribution in [3.63, 3.8) is 0 Å². The lowest BCUT2D eigenvalue weighted by molar-refractivity contribution is -0.137. The zero-order chi connectivity index (χ0) is 18.8.